The van der Waals surface area contributed by atoms with Crippen molar-refractivity contribution in [1.82, 2.24) is 0 Å². The Morgan fingerprint density at radius 2 is 2.00 bits per heavy atom. The Labute approximate surface area is 69.3 Å². The third kappa shape index (κ3) is 1.55. The second kappa shape index (κ2) is 3.53. The lowest BCUT2D eigenvalue weighted by Gasteiger charge is -2.09. The lowest BCUT2D eigenvalue weighted by molar-refractivity contribution is -0.153. The Morgan fingerprint density at radius 3 is 2.50 bits per heavy atom. The van der Waals surface area contributed by atoms with E-state index in [2.05, 4.69) is 4.74 Å². The quantitative estimate of drug-likeness (QED) is 0.571. The maximum Gasteiger partial charge on any atom is 0.311 e. The highest BCUT2D eigenvalue weighted by Crippen LogP contribution is 2.21. The van der Waals surface area contributed by atoms with Crippen molar-refractivity contribution < 1.29 is 24.2 Å². The van der Waals surface area contributed by atoms with Crippen molar-refractivity contribution in [2.75, 3.05) is 20.3 Å². The summed E-state index contributed by atoms with van der Waals surface area (Å²) in [5.41, 5.74) is 0. The van der Waals surface area contributed by atoms with Crippen LogP contribution in [0, 0.1) is 11.8 Å². The van der Waals surface area contributed by atoms with E-state index in [1.165, 1.54) is 7.11 Å². The van der Waals surface area contributed by atoms with Gasteiger partial charge in [-0.05, 0) is 0 Å². The molecule has 0 aromatic carbocycles. The van der Waals surface area contributed by atoms with E-state index in [0.717, 1.165) is 0 Å². The smallest absolute Gasteiger partial charge is 0.311 e. The molecule has 0 aromatic heterocycles. The molecular weight excluding hydrogens is 164 g/mol. The van der Waals surface area contributed by atoms with Gasteiger partial charge in [-0.15, -0.1) is 0 Å². The lowest BCUT2D eigenvalue weighted by Crippen LogP contribution is -2.29. The highest BCUT2D eigenvalue weighted by atomic mass is 16.5. The van der Waals surface area contributed by atoms with E-state index in [9.17, 15) is 9.59 Å². The molecule has 1 saturated heterocycles. The van der Waals surface area contributed by atoms with Crippen LogP contribution in [-0.4, -0.2) is 37.4 Å². The molecule has 2 unspecified atom stereocenters. The standard InChI is InChI=1S/C7H10O5/c1-11-7(10)5-3-12-2-4(5)6(8)9/h4-5H,2-3H2,1H3,(H,8,9). The molecule has 0 spiro atoms. The largest absolute Gasteiger partial charge is 0.481 e. The van der Waals surface area contributed by atoms with Crippen molar-refractivity contribution in [3.05, 3.63) is 0 Å². The van der Waals surface area contributed by atoms with Crippen molar-refractivity contribution in [3.63, 3.8) is 0 Å². The Morgan fingerprint density at radius 1 is 1.42 bits per heavy atom. The molecule has 0 aromatic rings. The van der Waals surface area contributed by atoms with Crippen LogP contribution < -0.4 is 0 Å². The van der Waals surface area contributed by atoms with Gasteiger partial charge in [0.15, 0.2) is 0 Å². The molecule has 1 rings (SSSR count). The Hall–Kier alpha value is -1.10. The van der Waals surface area contributed by atoms with Gasteiger partial charge in [-0.3, -0.25) is 9.59 Å². The summed E-state index contributed by atoms with van der Waals surface area (Å²) < 4.78 is 9.30. The summed E-state index contributed by atoms with van der Waals surface area (Å²) in [5.74, 6) is -2.92. The molecule has 0 bridgehead atoms. The molecule has 1 fully saturated rings. The van der Waals surface area contributed by atoms with E-state index < -0.39 is 23.8 Å². The number of aliphatic carboxylic acids is 1. The van der Waals surface area contributed by atoms with Gasteiger partial charge in [0.1, 0.15) is 0 Å². The van der Waals surface area contributed by atoms with Crippen molar-refractivity contribution in [2.24, 2.45) is 11.8 Å². The maximum atomic E-state index is 11.0. The summed E-state index contributed by atoms with van der Waals surface area (Å²) in [5, 5.41) is 8.64. The molecule has 1 aliphatic rings. The van der Waals surface area contributed by atoms with E-state index in [-0.39, 0.29) is 13.2 Å². The second-order valence-corrected chi connectivity index (χ2v) is 2.61. The highest BCUT2D eigenvalue weighted by Gasteiger charge is 2.39. The Balaban J connectivity index is 2.63. The van der Waals surface area contributed by atoms with Crippen molar-refractivity contribution in [3.8, 4) is 0 Å². The minimum atomic E-state index is -1.01. The predicted octanol–water partition coefficient (Wildman–Crippen LogP) is -0.493. The zero-order valence-electron chi connectivity index (χ0n) is 6.65. The van der Waals surface area contributed by atoms with Crippen LogP contribution in [0.25, 0.3) is 0 Å². The molecule has 1 aliphatic heterocycles. The van der Waals surface area contributed by atoms with E-state index in [1.807, 2.05) is 0 Å². The maximum absolute atomic E-state index is 11.0. The molecule has 0 saturated carbocycles. The van der Waals surface area contributed by atoms with Gasteiger partial charge in [0.05, 0.1) is 32.2 Å². The third-order valence-electron chi connectivity index (χ3n) is 1.90. The van der Waals surface area contributed by atoms with Crippen molar-refractivity contribution >= 4 is 11.9 Å². The predicted molar refractivity (Wildman–Crippen MR) is 37.5 cm³/mol. The molecule has 5 heteroatoms. The van der Waals surface area contributed by atoms with Gasteiger partial charge in [-0.25, -0.2) is 0 Å². The molecule has 0 aliphatic carbocycles. The first-order valence-electron chi connectivity index (χ1n) is 3.55. The number of esters is 1. The fraction of sp³-hybridized carbons (Fsp3) is 0.714. The SMILES string of the molecule is COC(=O)C1COCC1C(=O)O. The number of ether oxygens (including phenoxy) is 2. The summed E-state index contributed by atoms with van der Waals surface area (Å²) in [6.45, 7) is 0.235. The van der Waals surface area contributed by atoms with Gasteiger partial charge in [-0.2, -0.15) is 0 Å². The number of hydrogen-bond acceptors (Lipinski definition) is 4. The van der Waals surface area contributed by atoms with E-state index in [0.29, 0.717) is 0 Å². The number of carbonyl (C=O) groups excluding carboxylic acids is 1. The minimum Gasteiger partial charge on any atom is -0.481 e. The highest BCUT2D eigenvalue weighted by molar-refractivity contribution is 5.81. The average Bonchev–Trinajstić information content (AvgIpc) is 2.50. The molecule has 12 heavy (non-hydrogen) atoms. The van der Waals surface area contributed by atoms with E-state index in [1.54, 1.807) is 0 Å². The number of carboxylic acid groups (broad SMARTS) is 1. The Bertz CT molecular complexity index is 200. The summed E-state index contributed by atoms with van der Waals surface area (Å²) in [4.78, 5) is 21.5. The monoisotopic (exact) mass is 174 g/mol. The lowest BCUT2D eigenvalue weighted by atomic mass is 9.97. The molecule has 5 nitrogen and oxygen atoms in total. The third-order valence-corrected chi connectivity index (χ3v) is 1.90. The summed E-state index contributed by atoms with van der Waals surface area (Å²) in [6, 6.07) is 0. The molecule has 1 heterocycles. The first kappa shape index (κ1) is 8.99. The van der Waals surface area contributed by atoms with Crippen LogP contribution in [0.15, 0.2) is 0 Å². The average molecular weight is 174 g/mol. The zero-order valence-corrected chi connectivity index (χ0v) is 6.65. The van der Waals surface area contributed by atoms with Crippen LogP contribution in [0.3, 0.4) is 0 Å². The summed E-state index contributed by atoms with van der Waals surface area (Å²) in [6.07, 6.45) is 0. The first-order valence-corrected chi connectivity index (χ1v) is 3.55. The van der Waals surface area contributed by atoms with Crippen LogP contribution in [0.1, 0.15) is 0 Å². The number of carboxylic acids is 1. The van der Waals surface area contributed by atoms with Crippen LogP contribution in [0.5, 0.6) is 0 Å². The van der Waals surface area contributed by atoms with Crippen LogP contribution in [0.2, 0.25) is 0 Å². The van der Waals surface area contributed by atoms with Gasteiger partial charge in [-0.1, -0.05) is 0 Å². The molecule has 2 atom stereocenters. The summed E-state index contributed by atoms with van der Waals surface area (Å²) in [7, 11) is 1.24. The van der Waals surface area contributed by atoms with Crippen LogP contribution in [0.4, 0.5) is 0 Å². The van der Waals surface area contributed by atoms with Gasteiger partial charge < -0.3 is 14.6 Å². The molecular formula is C7H10O5. The molecule has 0 radical (unpaired) electrons. The van der Waals surface area contributed by atoms with Crippen LogP contribution in [-0.2, 0) is 19.1 Å². The van der Waals surface area contributed by atoms with Gasteiger partial charge >= 0.3 is 11.9 Å². The van der Waals surface area contributed by atoms with Gasteiger partial charge in [0.2, 0.25) is 0 Å². The fourth-order valence-electron chi connectivity index (χ4n) is 1.18. The van der Waals surface area contributed by atoms with Gasteiger partial charge in [0, 0.05) is 0 Å². The minimum absolute atomic E-state index is 0.0924. The number of methoxy groups -OCH3 is 1. The van der Waals surface area contributed by atoms with E-state index >= 15 is 0 Å². The molecule has 1 N–H and O–H groups in total. The van der Waals surface area contributed by atoms with E-state index in [4.69, 9.17) is 9.84 Å². The second-order valence-electron chi connectivity index (χ2n) is 2.61. The van der Waals surface area contributed by atoms with Gasteiger partial charge in [0.25, 0.3) is 0 Å². The van der Waals surface area contributed by atoms with Crippen molar-refractivity contribution in [2.45, 2.75) is 0 Å². The summed E-state index contributed by atoms with van der Waals surface area (Å²) >= 11 is 0. The zero-order chi connectivity index (χ0) is 9.14. The topological polar surface area (TPSA) is 72.8 Å². The normalized spacial score (nSPS) is 28.4. The molecule has 0 amide bonds. The molecule has 68 valence electrons. The first-order chi connectivity index (χ1) is 5.66. The van der Waals surface area contributed by atoms with Crippen LogP contribution >= 0.6 is 0 Å². The Kier molecular flexibility index (Phi) is 2.65. The number of rotatable bonds is 2. The van der Waals surface area contributed by atoms with Crippen molar-refractivity contribution in [1.29, 1.82) is 0 Å². The number of hydrogen-bond donors (Lipinski definition) is 1. The fourth-order valence-corrected chi connectivity index (χ4v) is 1.18. The number of carbonyl (C=O) groups is 2.